The fourth-order valence-electron chi connectivity index (χ4n) is 4.70. The Morgan fingerprint density at radius 1 is 1.18 bits per heavy atom. The van der Waals surface area contributed by atoms with Gasteiger partial charge in [-0.05, 0) is 61.1 Å². The van der Waals surface area contributed by atoms with Gasteiger partial charge in [0.1, 0.15) is 17.1 Å². The van der Waals surface area contributed by atoms with Crippen LogP contribution in [0.25, 0.3) is 0 Å². The van der Waals surface area contributed by atoms with Gasteiger partial charge in [0.25, 0.3) is 5.91 Å². The molecule has 1 fully saturated rings. The van der Waals surface area contributed by atoms with Crippen molar-refractivity contribution in [2.45, 2.75) is 70.7 Å². The lowest BCUT2D eigenvalue weighted by molar-refractivity contribution is -0.125. The fraction of sp³-hybridized carbons (Fsp3) is 0.640. The van der Waals surface area contributed by atoms with Crippen LogP contribution in [0.2, 0.25) is 0 Å². The van der Waals surface area contributed by atoms with Gasteiger partial charge in [-0.1, -0.05) is 39.7 Å². The van der Waals surface area contributed by atoms with E-state index in [1.165, 1.54) is 0 Å². The van der Waals surface area contributed by atoms with Crippen molar-refractivity contribution in [3.05, 3.63) is 34.0 Å². The average Bonchev–Trinajstić information content (AvgIpc) is 3.03. The first kappa shape index (κ1) is 26.5. The zero-order valence-corrected chi connectivity index (χ0v) is 22.5. The van der Waals surface area contributed by atoms with Crippen LogP contribution in [0.5, 0.6) is 0 Å². The number of amides is 2. The van der Waals surface area contributed by atoms with Gasteiger partial charge in [0, 0.05) is 22.4 Å². The van der Waals surface area contributed by atoms with Crippen LogP contribution in [-0.4, -0.2) is 67.1 Å². The molecule has 3 aliphatic rings. The number of Topliss-reactive ketones (excluding diaryl/α,β-unsaturated/α-hetero) is 1. The minimum absolute atomic E-state index is 0.0360. The van der Waals surface area contributed by atoms with Crippen molar-refractivity contribution in [1.29, 1.82) is 0 Å². The number of carbonyl (C=O) groups is 3. The molecule has 188 valence electrons. The van der Waals surface area contributed by atoms with Crippen molar-refractivity contribution in [1.82, 2.24) is 20.9 Å². The third-order valence-electron chi connectivity index (χ3n) is 6.26. The third kappa shape index (κ3) is 6.72. The highest BCUT2D eigenvalue weighted by molar-refractivity contribution is 9.11. The standard InChI is InChI=1S/C25H37BrN4O4/c1-14-7-9-17-16(11-14)21(26)22(27-17)23(32)28-18-10-8-15(20(31)13-30(5)6)12-19(18)29-24(33)34-25(2,3)4/h7,9,11,15-19,27H,8,10,12-13H2,1-6H3,(H,28,32)(H,29,33)/t15-,16?,17?,18-,19+/m0/s1. The summed E-state index contributed by atoms with van der Waals surface area (Å²) in [7, 11) is 3.73. The molecule has 0 aromatic rings. The number of alkyl carbamates (subject to hydrolysis) is 1. The van der Waals surface area contributed by atoms with Gasteiger partial charge in [-0.25, -0.2) is 4.79 Å². The summed E-state index contributed by atoms with van der Waals surface area (Å²) in [5.74, 6) is -0.167. The summed E-state index contributed by atoms with van der Waals surface area (Å²) in [6, 6.07) is -0.684. The highest BCUT2D eigenvalue weighted by Gasteiger charge is 2.39. The number of fused-ring (bicyclic) bond motifs is 1. The molecule has 0 saturated heterocycles. The van der Waals surface area contributed by atoms with E-state index in [0.29, 0.717) is 31.5 Å². The van der Waals surface area contributed by atoms with Gasteiger partial charge in [0.05, 0.1) is 18.6 Å². The maximum Gasteiger partial charge on any atom is 0.407 e. The second-order valence-electron chi connectivity index (χ2n) is 10.7. The van der Waals surface area contributed by atoms with E-state index in [2.05, 4.69) is 44.0 Å². The number of carbonyl (C=O) groups excluding carboxylic acids is 3. The zero-order valence-electron chi connectivity index (χ0n) is 20.9. The van der Waals surface area contributed by atoms with Crippen LogP contribution in [0.3, 0.4) is 0 Å². The summed E-state index contributed by atoms with van der Waals surface area (Å²) < 4.78 is 6.27. The van der Waals surface area contributed by atoms with E-state index in [0.717, 1.165) is 10.1 Å². The number of hydrogen-bond acceptors (Lipinski definition) is 6. The number of halogens is 1. The topological polar surface area (TPSA) is 99.8 Å². The summed E-state index contributed by atoms with van der Waals surface area (Å²) in [6.07, 6.45) is 7.41. The van der Waals surface area contributed by atoms with E-state index in [1.54, 1.807) is 20.8 Å². The van der Waals surface area contributed by atoms with Gasteiger partial charge in [0.2, 0.25) is 0 Å². The number of allylic oxidation sites excluding steroid dienone is 2. The molecule has 0 aromatic heterocycles. The molecule has 8 nitrogen and oxygen atoms in total. The highest BCUT2D eigenvalue weighted by Crippen LogP contribution is 2.36. The number of ether oxygens (including phenoxy) is 1. The second-order valence-corrected chi connectivity index (χ2v) is 11.6. The summed E-state index contributed by atoms with van der Waals surface area (Å²) in [5, 5.41) is 9.33. The second kappa shape index (κ2) is 10.6. The minimum atomic E-state index is -0.642. The lowest BCUT2D eigenvalue weighted by atomic mass is 9.80. The van der Waals surface area contributed by atoms with Crippen molar-refractivity contribution < 1.29 is 19.1 Å². The lowest BCUT2D eigenvalue weighted by Gasteiger charge is -2.37. The molecule has 2 unspecified atom stereocenters. The molecule has 1 heterocycles. The normalized spacial score (nSPS) is 28.7. The minimum Gasteiger partial charge on any atom is -0.444 e. The van der Waals surface area contributed by atoms with Gasteiger partial charge >= 0.3 is 6.09 Å². The van der Waals surface area contributed by atoms with Crippen molar-refractivity contribution in [3.8, 4) is 0 Å². The Hall–Kier alpha value is -2.13. The quantitative estimate of drug-likeness (QED) is 0.482. The van der Waals surface area contributed by atoms with E-state index < -0.39 is 17.7 Å². The van der Waals surface area contributed by atoms with Crippen LogP contribution in [0, 0.1) is 11.8 Å². The molecule has 1 aliphatic heterocycles. The van der Waals surface area contributed by atoms with Gasteiger partial charge in [-0.15, -0.1) is 0 Å². The van der Waals surface area contributed by atoms with Crippen LogP contribution < -0.4 is 16.0 Å². The molecule has 0 radical (unpaired) electrons. The molecule has 0 bridgehead atoms. The van der Waals surface area contributed by atoms with Crippen LogP contribution in [-0.2, 0) is 14.3 Å². The number of rotatable bonds is 6. The molecule has 34 heavy (non-hydrogen) atoms. The Balaban J connectivity index is 1.72. The predicted octanol–water partition coefficient (Wildman–Crippen LogP) is 3.01. The smallest absolute Gasteiger partial charge is 0.407 e. The maximum absolute atomic E-state index is 13.2. The summed E-state index contributed by atoms with van der Waals surface area (Å²) in [4.78, 5) is 40.4. The van der Waals surface area contributed by atoms with Crippen LogP contribution in [0.15, 0.2) is 34.0 Å². The Morgan fingerprint density at radius 3 is 2.53 bits per heavy atom. The van der Waals surface area contributed by atoms with Crippen LogP contribution in [0.4, 0.5) is 4.79 Å². The summed E-state index contributed by atoms with van der Waals surface area (Å²) in [5.41, 5.74) is 1.02. The van der Waals surface area contributed by atoms with Crippen molar-refractivity contribution >= 4 is 33.7 Å². The molecule has 2 amide bonds. The first-order chi connectivity index (χ1) is 15.8. The number of likely N-dealkylation sites (N-methyl/N-ethyl adjacent to an activating group) is 1. The van der Waals surface area contributed by atoms with E-state index in [-0.39, 0.29) is 35.6 Å². The molecule has 3 N–H and O–H groups in total. The number of hydrogen-bond donors (Lipinski definition) is 3. The van der Waals surface area contributed by atoms with Crippen molar-refractivity contribution in [2.24, 2.45) is 11.8 Å². The Bertz CT molecular complexity index is 918. The van der Waals surface area contributed by atoms with E-state index in [4.69, 9.17) is 4.74 Å². The summed E-state index contributed by atoms with van der Waals surface area (Å²) in [6.45, 7) is 7.80. The summed E-state index contributed by atoms with van der Waals surface area (Å²) >= 11 is 3.62. The number of ketones is 1. The average molecular weight is 537 g/mol. The molecule has 3 rings (SSSR count). The monoisotopic (exact) mass is 536 g/mol. The van der Waals surface area contributed by atoms with Crippen LogP contribution >= 0.6 is 15.9 Å². The Labute approximate surface area is 210 Å². The van der Waals surface area contributed by atoms with Crippen LogP contribution in [0.1, 0.15) is 47.0 Å². The Kier molecular flexibility index (Phi) is 8.29. The number of nitrogens with one attached hydrogen (secondary N) is 3. The maximum atomic E-state index is 13.2. The van der Waals surface area contributed by atoms with E-state index in [1.807, 2.05) is 32.0 Å². The Morgan fingerprint density at radius 2 is 1.88 bits per heavy atom. The molecule has 9 heteroatoms. The molecule has 0 aromatic carbocycles. The SMILES string of the molecule is CC1=CC2C(Br)=C(C(=O)N[C@H]3CC[C@H](C(=O)CN(C)C)C[C@H]3NC(=O)OC(C)(C)C)NC2C=C1. The molecular formula is C25H37BrN4O4. The van der Waals surface area contributed by atoms with Gasteiger partial charge in [-0.3, -0.25) is 9.59 Å². The molecule has 2 aliphatic carbocycles. The zero-order chi connectivity index (χ0) is 25.2. The lowest BCUT2D eigenvalue weighted by Crippen LogP contribution is -2.56. The van der Waals surface area contributed by atoms with Crippen molar-refractivity contribution in [2.75, 3.05) is 20.6 Å². The number of nitrogens with zero attached hydrogens (tertiary/aromatic N) is 1. The van der Waals surface area contributed by atoms with E-state index >= 15 is 0 Å². The van der Waals surface area contributed by atoms with E-state index in [9.17, 15) is 14.4 Å². The largest absolute Gasteiger partial charge is 0.444 e. The molecule has 1 saturated carbocycles. The van der Waals surface area contributed by atoms with Gasteiger partial charge < -0.3 is 25.6 Å². The molecular weight excluding hydrogens is 500 g/mol. The highest BCUT2D eigenvalue weighted by atomic mass is 79.9. The fourth-order valence-corrected chi connectivity index (χ4v) is 5.41. The third-order valence-corrected chi connectivity index (χ3v) is 7.19. The first-order valence-corrected chi connectivity index (χ1v) is 12.6. The molecule has 0 spiro atoms. The van der Waals surface area contributed by atoms with Crippen molar-refractivity contribution in [3.63, 3.8) is 0 Å². The molecule has 5 atom stereocenters. The van der Waals surface area contributed by atoms with Gasteiger partial charge in [-0.2, -0.15) is 0 Å². The van der Waals surface area contributed by atoms with Gasteiger partial charge in [0.15, 0.2) is 0 Å². The first-order valence-electron chi connectivity index (χ1n) is 11.8. The predicted molar refractivity (Wildman–Crippen MR) is 135 cm³/mol.